The zero-order valence-electron chi connectivity index (χ0n) is 11.1. The number of fused-ring (bicyclic) bond motifs is 1. The van der Waals surface area contributed by atoms with Crippen LogP contribution in [0.5, 0.6) is 0 Å². The molecule has 0 aliphatic rings. The van der Waals surface area contributed by atoms with Crippen LogP contribution >= 0.6 is 0 Å². The molecular weight excluding hydrogens is 267 g/mol. The molecule has 0 spiro atoms. The summed E-state index contributed by atoms with van der Waals surface area (Å²) in [4.78, 5) is 23.1. The molecule has 0 saturated heterocycles. The molecule has 0 aliphatic carbocycles. The van der Waals surface area contributed by atoms with Gasteiger partial charge in [-0.1, -0.05) is 6.20 Å². The van der Waals surface area contributed by atoms with Crippen molar-refractivity contribution in [1.82, 2.24) is 19.5 Å². The molecule has 0 amide bonds. The van der Waals surface area contributed by atoms with Gasteiger partial charge >= 0.3 is 51.4 Å². The summed E-state index contributed by atoms with van der Waals surface area (Å²) in [6.07, 6.45) is 4.51. The maximum absolute atomic E-state index is 11.3. The number of aromatic nitrogens is 4. The van der Waals surface area contributed by atoms with Gasteiger partial charge in [-0.3, -0.25) is 4.79 Å². The Bertz CT molecular complexity index is 744. The molecule has 2 aromatic heterocycles. The summed E-state index contributed by atoms with van der Waals surface area (Å²) in [5.41, 5.74) is 2.32. The van der Waals surface area contributed by atoms with E-state index in [0.717, 1.165) is 16.9 Å². The second-order valence-electron chi connectivity index (χ2n) is 4.18. The van der Waals surface area contributed by atoms with Gasteiger partial charge in [0.05, 0.1) is 16.9 Å². The van der Waals surface area contributed by atoms with Crippen molar-refractivity contribution in [3.05, 3.63) is 36.2 Å². The SMILES string of the molecule is CC(=O)c1ccc2nc(-c3n[c-]cn3C)[nH]c2c1.[K+]. The van der Waals surface area contributed by atoms with Crippen LogP contribution in [-0.4, -0.2) is 25.3 Å². The third kappa shape index (κ3) is 2.73. The largest absolute Gasteiger partial charge is 1.00 e. The van der Waals surface area contributed by atoms with Crippen LogP contribution in [0.4, 0.5) is 0 Å². The quantitative estimate of drug-likeness (QED) is 0.370. The molecule has 3 rings (SSSR count). The number of nitrogens with one attached hydrogen (secondary N) is 1. The van der Waals surface area contributed by atoms with E-state index in [9.17, 15) is 4.79 Å². The van der Waals surface area contributed by atoms with Crippen LogP contribution in [0.15, 0.2) is 24.4 Å². The van der Waals surface area contributed by atoms with E-state index in [1.54, 1.807) is 25.3 Å². The summed E-state index contributed by atoms with van der Waals surface area (Å²) in [7, 11) is 1.88. The Hall–Kier alpha value is -0.794. The van der Waals surface area contributed by atoms with Crippen LogP contribution in [0.3, 0.4) is 0 Å². The molecule has 90 valence electrons. The smallest absolute Gasteiger partial charge is 0.433 e. The minimum atomic E-state index is 0. The number of benzene rings is 1. The van der Waals surface area contributed by atoms with Crippen LogP contribution in [0, 0.1) is 6.20 Å². The van der Waals surface area contributed by atoms with Gasteiger partial charge in [0, 0.05) is 11.4 Å². The zero-order valence-corrected chi connectivity index (χ0v) is 14.2. The topological polar surface area (TPSA) is 63.6 Å². The predicted octanol–water partition coefficient (Wildman–Crippen LogP) is -1.03. The Morgan fingerprint density at radius 1 is 1.42 bits per heavy atom. The average molecular weight is 278 g/mol. The Labute approximate surface area is 152 Å². The summed E-state index contributed by atoms with van der Waals surface area (Å²) in [6, 6.07) is 5.42. The first-order chi connectivity index (χ1) is 8.65. The van der Waals surface area contributed by atoms with Crippen molar-refractivity contribution in [2.24, 2.45) is 7.05 Å². The Balaban J connectivity index is 0.00000133. The summed E-state index contributed by atoms with van der Waals surface area (Å²) in [5.74, 6) is 1.43. The fraction of sp³-hybridized carbons (Fsp3) is 0.154. The zero-order chi connectivity index (χ0) is 12.7. The summed E-state index contributed by atoms with van der Waals surface area (Å²) >= 11 is 0. The van der Waals surface area contributed by atoms with Crippen molar-refractivity contribution < 1.29 is 56.2 Å². The number of H-pyrrole nitrogens is 1. The summed E-state index contributed by atoms with van der Waals surface area (Å²) in [5, 5.41) is 0. The molecule has 0 aliphatic heterocycles. The van der Waals surface area contributed by atoms with Gasteiger partial charge in [-0.05, 0) is 32.2 Å². The van der Waals surface area contributed by atoms with Gasteiger partial charge in [0.2, 0.25) is 0 Å². The van der Waals surface area contributed by atoms with Gasteiger partial charge < -0.3 is 14.5 Å². The predicted molar refractivity (Wildman–Crippen MR) is 67.1 cm³/mol. The van der Waals surface area contributed by atoms with Gasteiger partial charge in [-0.25, -0.2) is 4.98 Å². The number of nitrogens with zero attached hydrogens (tertiary/aromatic N) is 3. The van der Waals surface area contributed by atoms with Gasteiger partial charge in [0.25, 0.3) is 0 Å². The first-order valence-corrected chi connectivity index (χ1v) is 5.55. The molecule has 0 radical (unpaired) electrons. The second kappa shape index (κ2) is 5.68. The molecular formula is C13H11KN4O. The Morgan fingerprint density at radius 3 is 2.84 bits per heavy atom. The first-order valence-electron chi connectivity index (χ1n) is 5.55. The third-order valence-electron chi connectivity index (χ3n) is 2.86. The van der Waals surface area contributed by atoms with Crippen molar-refractivity contribution >= 4 is 16.8 Å². The fourth-order valence-corrected chi connectivity index (χ4v) is 1.87. The van der Waals surface area contributed by atoms with Gasteiger partial charge in [-0.15, -0.1) is 6.20 Å². The van der Waals surface area contributed by atoms with Crippen LogP contribution in [0.2, 0.25) is 0 Å². The van der Waals surface area contributed by atoms with Crippen molar-refractivity contribution in [1.29, 1.82) is 0 Å². The van der Waals surface area contributed by atoms with E-state index in [2.05, 4.69) is 21.1 Å². The normalized spacial score (nSPS) is 10.4. The molecule has 0 fully saturated rings. The van der Waals surface area contributed by atoms with E-state index < -0.39 is 0 Å². The Kier molecular flexibility index (Phi) is 4.37. The van der Waals surface area contributed by atoms with E-state index in [1.165, 1.54) is 0 Å². The van der Waals surface area contributed by atoms with E-state index in [-0.39, 0.29) is 57.2 Å². The molecule has 2 heterocycles. The van der Waals surface area contributed by atoms with Crippen molar-refractivity contribution in [3.63, 3.8) is 0 Å². The van der Waals surface area contributed by atoms with Crippen molar-refractivity contribution in [2.75, 3.05) is 0 Å². The van der Waals surface area contributed by atoms with Gasteiger partial charge in [0.1, 0.15) is 0 Å². The van der Waals surface area contributed by atoms with E-state index in [4.69, 9.17) is 0 Å². The molecule has 0 atom stereocenters. The second-order valence-corrected chi connectivity index (χ2v) is 4.18. The number of imidazole rings is 2. The molecule has 6 heteroatoms. The van der Waals surface area contributed by atoms with E-state index >= 15 is 0 Å². The van der Waals surface area contributed by atoms with Crippen LogP contribution in [0.25, 0.3) is 22.7 Å². The number of carbonyl (C=O) groups excluding carboxylic acids is 1. The minimum Gasteiger partial charge on any atom is -0.433 e. The van der Waals surface area contributed by atoms with Crippen LogP contribution < -0.4 is 51.4 Å². The summed E-state index contributed by atoms with van der Waals surface area (Å²) in [6.45, 7) is 1.55. The number of hydrogen-bond donors (Lipinski definition) is 1. The standard InChI is InChI=1S/C13H11N4O.K/c1-8(18)9-3-4-10-11(7-9)16-12(15-10)13-14-5-6-17(13)2;/h3-4,6-7H,1-2H3,(H,15,16);/q-1;+1. The number of aromatic amines is 1. The fourth-order valence-electron chi connectivity index (χ4n) is 1.87. The summed E-state index contributed by atoms with van der Waals surface area (Å²) < 4.78 is 1.84. The van der Waals surface area contributed by atoms with Crippen molar-refractivity contribution in [3.8, 4) is 11.6 Å². The van der Waals surface area contributed by atoms with Crippen LogP contribution in [-0.2, 0) is 7.05 Å². The number of rotatable bonds is 2. The van der Waals surface area contributed by atoms with Crippen molar-refractivity contribution in [2.45, 2.75) is 6.92 Å². The number of hydrogen-bond acceptors (Lipinski definition) is 3. The first kappa shape index (κ1) is 14.6. The number of aryl methyl sites for hydroxylation is 1. The van der Waals surface area contributed by atoms with Gasteiger partial charge in [0.15, 0.2) is 5.78 Å². The molecule has 19 heavy (non-hydrogen) atoms. The number of ketones is 1. The van der Waals surface area contributed by atoms with Crippen LogP contribution in [0.1, 0.15) is 17.3 Å². The van der Waals surface area contributed by atoms with E-state index in [0.29, 0.717) is 11.4 Å². The molecule has 5 nitrogen and oxygen atoms in total. The van der Waals surface area contributed by atoms with E-state index in [1.807, 2.05) is 17.7 Å². The molecule has 0 saturated carbocycles. The average Bonchev–Trinajstić information content (AvgIpc) is 2.92. The number of carbonyl (C=O) groups is 1. The minimum absolute atomic E-state index is 0. The molecule has 0 unspecified atom stereocenters. The number of Topliss-reactive ketones (excluding diaryl/α,β-unsaturated/α-hetero) is 1. The Morgan fingerprint density at radius 2 is 2.21 bits per heavy atom. The molecule has 0 bridgehead atoms. The maximum atomic E-state index is 11.3. The third-order valence-corrected chi connectivity index (χ3v) is 2.86. The molecule has 1 aromatic carbocycles. The monoisotopic (exact) mass is 278 g/mol. The molecule has 3 aromatic rings. The maximum Gasteiger partial charge on any atom is 1.00 e. The van der Waals surface area contributed by atoms with Gasteiger partial charge in [-0.2, -0.15) is 0 Å². The molecule has 1 N–H and O–H groups in total.